The quantitative estimate of drug-likeness (QED) is 0.768. The van der Waals surface area contributed by atoms with Crippen LogP contribution in [-0.4, -0.2) is 32.4 Å². The highest BCUT2D eigenvalue weighted by Crippen LogP contribution is 2.30. The lowest BCUT2D eigenvalue weighted by Gasteiger charge is -2.32. The molecule has 1 heterocycles. The number of ether oxygens (including phenoxy) is 1. The number of hydrogen-bond acceptors (Lipinski definition) is 3. The van der Waals surface area contributed by atoms with Crippen LogP contribution in [0.15, 0.2) is 47.4 Å². The van der Waals surface area contributed by atoms with Crippen molar-refractivity contribution in [1.29, 1.82) is 0 Å². The molecule has 3 rings (SSSR count). The topological polar surface area (TPSA) is 46.6 Å². The zero-order valence-electron chi connectivity index (χ0n) is 13.8. The molecular weight excluding hydrogens is 381 g/mol. The van der Waals surface area contributed by atoms with Crippen molar-refractivity contribution in [2.75, 3.05) is 19.7 Å². The van der Waals surface area contributed by atoms with Crippen LogP contribution in [0, 0.1) is 0 Å². The molecule has 2 aromatic rings. The molecule has 0 N–H and O–H groups in total. The predicted octanol–water partition coefficient (Wildman–Crippen LogP) is 4.32. The summed E-state index contributed by atoms with van der Waals surface area (Å²) in [6, 6.07) is 12.2. The highest BCUT2D eigenvalue weighted by molar-refractivity contribution is 7.89. The van der Waals surface area contributed by atoms with Crippen LogP contribution in [0.3, 0.4) is 0 Å². The molecule has 0 aliphatic carbocycles. The Hall–Kier alpha value is -1.11. The van der Waals surface area contributed by atoms with Gasteiger partial charge in [0.25, 0.3) is 0 Å². The summed E-state index contributed by atoms with van der Waals surface area (Å²) in [5, 5.41) is 1.00. The Labute approximate surface area is 158 Å². The van der Waals surface area contributed by atoms with Gasteiger partial charge in [-0.1, -0.05) is 42.3 Å². The molecular formula is C18H19Cl2NO3S. The van der Waals surface area contributed by atoms with Gasteiger partial charge in [0, 0.05) is 23.1 Å². The van der Waals surface area contributed by atoms with Crippen molar-refractivity contribution in [1.82, 2.24) is 4.31 Å². The molecule has 0 saturated carbocycles. The van der Waals surface area contributed by atoms with E-state index >= 15 is 0 Å². The molecule has 7 heteroatoms. The van der Waals surface area contributed by atoms with Gasteiger partial charge in [0.05, 0.1) is 17.6 Å². The highest BCUT2D eigenvalue weighted by Gasteiger charge is 2.31. The van der Waals surface area contributed by atoms with Crippen LogP contribution in [0.2, 0.25) is 10.0 Å². The number of halogens is 2. The molecule has 134 valence electrons. The number of nitrogens with zero attached hydrogens (tertiary/aromatic N) is 1. The predicted molar refractivity (Wildman–Crippen MR) is 99.7 cm³/mol. The van der Waals surface area contributed by atoms with E-state index in [1.54, 1.807) is 30.3 Å². The molecule has 0 radical (unpaired) electrons. The maximum Gasteiger partial charge on any atom is 0.243 e. The Kier molecular flexibility index (Phi) is 5.71. The van der Waals surface area contributed by atoms with Gasteiger partial charge in [-0.2, -0.15) is 4.31 Å². The summed E-state index contributed by atoms with van der Waals surface area (Å²) in [7, 11) is -3.56. The number of hydrogen-bond donors (Lipinski definition) is 0. The SMILES string of the molecule is CCc1ccc(S(=O)(=O)N2CCOC(c3cc(Cl)cc(Cl)c3)C2)cc1. The standard InChI is InChI=1S/C18H19Cl2NO3S/c1-2-13-3-5-17(6-4-13)25(22,23)21-7-8-24-18(12-21)14-9-15(19)11-16(20)10-14/h3-6,9-11,18H,2,7-8,12H2,1H3. The van der Waals surface area contributed by atoms with E-state index in [9.17, 15) is 8.42 Å². The van der Waals surface area contributed by atoms with Crippen molar-refractivity contribution in [2.45, 2.75) is 24.3 Å². The fourth-order valence-corrected chi connectivity index (χ4v) is 4.82. The minimum atomic E-state index is -3.56. The second kappa shape index (κ2) is 7.64. The van der Waals surface area contributed by atoms with Gasteiger partial charge in [-0.25, -0.2) is 8.42 Å². The lowest BCUT2D eigenvalue weighted by Crippen LogP contribution is -2.42. The molecule has 4 nitrogen and oxygen atoms in total. The molecule has 0 spiro atoms. The van der Waals surface area contributed by atoms with Crippen molar-refractivity contribution < 1.29 is 13.2 Å². The largest absolute Gasteiger partial charge is 0.371 e. The van der Waals surface area contributed by atoms with E-state index in [1.807, 2.05) is 19.1 Å². The normalized spacial score (nSPS) is 19.1. The van der Waals surface area contributed by atoms with E-state index in [2.05, 4.69) is 0 Å². The third-order valence-electron chi connectivity index (χ3n) is 4.26. The van der Waals surface area contributed by atoms with E-state index in [0.29, 0.717) is 28.1 Å². The zero-order chi connectivity index (χ0) is 18.0. The average Bonchev–Trinajstić information content (AvgIpc) is 2.61. The van der Waals surface area contributed by atoms with Gasteiger partial charge in [-0.05, 0) is 47.9 Å². The maximum absolute atomic E-state index is 12.9. The van der Waals surface area contributed by atoms with E-state index in [-0.39, 0.29) is 6.54 Å². The Morgan fingerprint density at radius 2 is 1.76 bits per heavy atom. The summed E-state index contributed by atoms with van der Waals surface area (Å²) in [5.41, 5.74) is 1.88. The lowest BCUT2D eigenvalue weighted by molar-refractivity contribution is -0.00254. The molecule has 0 bridgehead atoms. The third kappa shape index (κ3) is 4.18. The number of benzene rings is 2. The van der Waals surface area contributed by atoms with E-state index in [4.69, 9.17) is 27.9 Å². The molecule has 1 unspecified atom stereocenters. The molecule has 1 atom stereocenters. The van der Waals surface area contributed by atoms with Crippen LogP contribution in [0.4, 0.5) is 0 Å². The fourth-order valence-electron chi connectivity index (χ4n) is 2.85. The number of morpholine rings is 1. The molecule has 1 aliphatic rings. The second-order valence-corrected chi connectivity index (χ2v) is 8.73. The van der Waals surface area contributed by atoms with Crippen molar-refractivity contribution in [2.24, 2.45) is 0 Å². The molecule has 1 aliphatic heterocycles. The first-order valence-electron chi connectivity index (χ1n) is 8.07. The van der Waals surface area contributed by atoms with Gasteiger partial charge < -0.3 is 4.74 Å². The van der Waals surface area contributed by atoms with Crippen LogP contribution >= 0.6 is 23.2 Å². The molecule has 25 heavy (non-hydrogen) atoms. The third-order valence-corrected chi connectivity index (χ3v) is 6.57. The summed E-state index contributed by atoms with van der Waals surface area (Å²) >= 11 is 12.1. The summed E-state index contributed by atoms with van der Waals surface area (Å²) in [6.07, 6.45) is 0.477. The Balaban J connectivity index is 1.84. The zero-order valence-corrected chi connectivity index (χ0v) is 16.1. The average molecular weight is 400 g/mol. The van der Waals surface area contributed by atoms with Crippen molar-refractivity contribution >= 4 is 33.2 Å². The van der Waals surface area contributed by atoms with Gasteiger partial charge in [0.15, 0.2) is 0 Å². The first kappa shape index (κ1) is 18.7. The second-order valence-electron chi connectivity index (χ2n) is 5.92. The maximum atomic E-state index is 12.9. The minimum Gasteiger partial charge on any atom is -0.371 e. The fraction of sp³-hybridized carbons (Fsp3) is 0.333. The number of rotatable bonds is 4. The van der Waals surface area contributed by atoms with Gasteiger partial charge in [0.2, 0.25) is 10.0 Å². The minimum absolute atomic E-state index is 0.231. The summed E-state index contributed by atoms with van der Waals surface area (Å²) in [4.78, 5) is 0.300. The summed E-state index contributed by atoms with van der Waals surface area (Å²) in [5.74, 6) is 0. The molecule has 0 amide bonds. The van der Waals surface area contributed by atoms with E-state index in [1.165, 1.54) is 4.31 Å². The Bertz CT molecular complexity index is 833. The monoisotopic (exact) mass is 399 g/mol. The summed E-state index contributed by atoms with van der Waals surface area (Å²) < 4.78 is 33.0. The summed E-state index contributed by atoms with van der Waals surface area (Å²) in [6.45, 7) is 2.91. The molecule has 2 aromatic carbocycles. The van der Waals surface area contributed by atoms with Gasteiger partial charge >= 0.3 is 0 Å². The van der Waals surface area contributed by atoms with Crippen LogP contribution in [-0.2, 0) is 21.2 Å². The van der Waals surface area contributed by atoms with E-state index < -0.39 is 16.1 Å². The van der Waals surface area contributed by atoms with Gasteiger partial charge in [0.1, 0.15) is 0 Å². The van der Waals surface area contributed by atoms with Crippen LogP contribution in [0.1, 0.15) is 24.2 Å². The Morgan fingerprint density at radius 3 is 2.36 bits per heavy atom. The smallest absolute Gasteiger partial charge is 0.243 e. The van der Waals surface area contributed by atoms with Crippen molar-refractivity contribution in [3.05, 3.63) is 63.6 Å². The van der Waals surface area contributed by atoms with Crippen LogP contribution < -0.4 is 0 Å². The number of aryl methyl sites for hydroxylation is 1. The van der Waals surface area contributed by atoms with E-state index in [0.717, 1.165) is 17.5 Å². The van der Waals surface area contributed by atoms with Gasteiger partial charge in [-0.3, -0.25) is 0 Å². The number of sulfonamides is 1. The van der Waals surface area contributed by atoms with Crippen molar-refractivity contribution in [3.63, 3.8) is 0 Å². The first-order chi connectivity index (χ1) is 11.9. The highest BCUT2D eigenvalue weighted by atomic mass is 35.5. The first-order valence-corrected chi connectivity index (χ1v) is 10.3. The van der Waals surface area contributed by atoms with Crippen LogP contribution in [0.5, 0.6) is 0 Å². The van der Waals surface area contributed by atoms with Gasteiger partial charge in [-0.15, -0.1) is 0 Å². The molecule has 0 aromatic heterocycles. The molecule has 1 fully saturated rings. The van der Waals surface area contributed by atoms with Crippen molar-refractivity contribution in [3.8, 4) is 0 Å². The Morgan fingerprint density at radius 1 is 1.12 bits per heavy atom. The lowest BCUT2D eigenvalue weighted by atomic mass is 10.1. The molecule has 1 saturated heterocycles. The van der Waals surface area contributed by atoms with Crippen LogP contribution in [0.25, 0.3) is 0 Å².